The Hall–Kier alpha value is -5.14. The maximum absolute atomic E-state index is 16.1. The summed E-state index contributed by atoms with van der Waals surface area (Å²) in [6.07, 6.45) is -3.24. The number of benzene rings is 3. The normalized spacial score (nSPS) is 18.3. The molecule has 56 heavy (non-hydrogen) atoms. The van der Waals surface area contributed by atoms with E-state index in [1.165, 1.54) is 42.1 Å². The number of primary amides is 1. The summed E-state index contributed by atoms with van der Waals surface area (Å²) in [5.74, 6) is -12.1. The van der Waals surface area contributed by atoms with Crippen LogP contribution in [-0.2, 0) is 34.2 Å². The zero-order valence-corrected chi connectivity index (χ0v) is 31.1. The van der Waals surface area contributed by atoms with E-state index in [1.54, 1.807) is 0 Å². The van der Waals surface area contributed by atoms with E-state index in [1.807, 2.05) is 0 Å². The summed E-state index contributed by atoms with van der Waals surface area (Å²) in [6.45, 7) is 0. The van der Waals surface area contributed by atoms with Crippen LogP contribution < -0.4 is 16.0 Å². The highest BCUT2D eigenvalue weighted by molar-refractivity contribution is 7.92. The molecule has 3 aromatic carbocycles. The fourth-order valence-corrected chi connectivity index (χ4v) is 8.84. The van der Waals surface area contributed by atoms with E-state index in [2.05, 4.69) is 19.9 Å². The number of carbonyl (C=O) groups is 1. The number of nitrogens with one attached hydrogen (secondary N) is 1. The van der Waals surface area contributed by atoms with Gasteiger partial charge in [0.05, 0.1) is 49.7 Å². The van der Waals surface area contributed by atoms with Gasteiger partial charge in [-0.3, -0.25) is 23.6 Å². The lowest BCUT2D eigenvalue weighted by Gasteiger charge is -2.30. The summed E-state index contributed by atoms with van der Waals surface area (Å²) in [7, 11) is -2.54. The van der Waals surface area contributed by atoms with E-state index in [0.717, 1.165) is 23.0 Å². The van der Waals surface area contributed by atoms with E-state index in [-0.39, 0.29) is 55.3 Å². The van der Waals surface area contributed by atoms with E-state index < -0.39 is 98.5 Å². The molecule has 0 bridgehead atoms. The molecule has 0 spiro atoms. The van der Waals surface area contributed by atoms with Gasteiger partial charge < -0.3 is 5.73 Å². The van der Waals surface area contributed by atoms with Crippen molar-refractivity contribution in [2.24, 2.45) is 18.7 Å². The van der Waals surface area contributed by atoms with Gasteiger partial charge >= 0.3 is 0 Å². The highest BCUT2D eigenvalue weighted by Crippen LogP contribution is 2.68. The lowest BCUT2D eigenvalue weighted by atomic mass is 9.89. The fourth-order valence-electron chi connectivity index (χ4n) is 7.89. The molecule has 1 unspecified atom stereocenters. The number of para-hydroxylation sites is 1. The molecule has 4 atom stereocenters. The largest absolute Gasteiger partial charge is 0.368 e. The molecular formula is C35H26Cl2F6N8O4S. The van der Waals surface area contributed by atoms with Gasteiger partial charge in [-0.05, 0) is 60.7 Å². The predicted molar refractivity (Wildman–Crippen MR) is 193 cm³/mol. The number of anilines is 1. The van der Waals surface area contributed by atoms with Crippen molar-refractivity contribution in [2.45, 2.75) is 43.1 Å². The molecule has 3 aromatic heterocycles. The van der Waals surface area contributed by atoms with Crippen LogP contribution in [0.15, 0.2) is 53.3 Å². The molecule has 0 saturated heterocycles. The maximum Gasteiger partial charge on any atom is 0.293 e. The summed E-state index contributed by atoms with van der Waals surface area (Å²) in [4.78, 5) is 33.3. The molecule has 12 nitrogen and oxygen atoms in total. The van der Waals surface area contributed by atoms with Crippen LogP contribution in [0.1, 0.15) is 59.1 Å². The number of nitrogens with two attached hydrogens (primary N) is 1. The van der Waals surface area contributed by atoms with Gasteiger partial charge in [0.2, 0.25) is 15.9 Å². The number of fused-ring (bicyclic) bond motifs is 5. The average Bonchev–Trinajstić information content (AvgIpc) is 3.62. The van der Waals surface area contributed by atoms with Gasteiger partial charge in [0, 0.05) is 24.6 Å². The number of hydrogen-bond donors (Lipinski definition) is 2. The van der Waals surface area contributed by atoms with Gasteiger partial charge in [0.15, 0.2) is 5.82 Å². The van der Waals surface area contributed by atoms with Crippen molar-refractivity contribution >= 4 is 66.8 Å². The zero-order chi connectivity index (χ0) is 40.3. The quantitative estimate of drug-likeness (QED) is 0.147. The molecule has 3 heterocycles. The second-order valence-corrected chi connectivity index (χ2v) is 16.3. The molecule has 2 aliphatic carbocycles. The Morgan fingerprint density at radius 1 is 1.07 bits per heavy atom. The number of aromatic nitrogens is 6. The van der Waals surface area contributed by atoms with Crippen LogP contribution in [0.2, 0.25) is 10.0 Å². The minimum Gasteiger partial charge on any atom is -0.368 e. The van der Waals surface area contributed by atoms with Gasteiger partial charge in [-0.15, -0.1) is 0 Å². The Morgan fingerprint density at radius 3 is 2.41 bits per heavy atom. The minimum absolute atomic E-state index is 0.00155. The summed E-state index contributed by atoms with van der Waals surface area (Å²) >= 11 is 13.1. The standard InChI is InChI=1S/C35H26Cl2F6N8O4S/c1-49-28-22(7-6-20(36)24(28)32(47-49)48-56(2,54)55)50-33(45-25-16(34(50)53)4-3-5-21(25)37)18(10-13-8-14(38)11-15(39)9-13)27(31(44)52)51-29-23(26(46-51)30(40)41)17-12-19(17)35(29,42)43/h3-9,11,17-19,27,30H,10,12H2,1-2H3,(H2,44,52)(H,47,48)/t17-,18-,19+,27?/m0/s1. The van der Waals surface area contributed by atoms with Crippen LogP contribution in [-0.4, -0.2) is 49.7 Å². The molecule has 1 amide bonds. The number of nitrogens with zero attached hydrogens (tertiary/aromatic N) is 6. The van der Waals surface area contributed by atoms with Gasteiger partial charge in [-0.2, -0.15) is 19.0 Å². The number of rotatable bonds is 10. The lowest BCUT2D eigenvalue weighted by Crippen LogP contribution is -2.39. The van der Waals surface area contributed by atoms with Crippen molar-refractivity contribution in [3.8, 4) is 5.69 Å². The van der Waals surface area contributed by atoms with Crippen LogP contribution in [0.5, 0.6) is 0 Å². The smallest absolute Gasteiger partial charge is 0.293 e. The number of halogens is 8. The van der Waals surface area contributed by atoms with Crippen LogP contribution in [0.4, 0.5) is 32.2 Å². The number of alkyl halides is 4. The number of aryl methyl sites for hydroxylation is 1. The topological polar surface area (TPSA) is 160 Å². The molecule has 6 aromatic rings. The molecule has 1 saturated carbocycles. The number of sulfonamides is 1. The second kappa shape index (κ2) is 13.0. The Kier molecular flexibility index (Phi) is 8.74. The van der Waals surface area contributed by atoms with Crippen molar-refractivity contribution < 1.29 is 39.6 Å². The van der Waals surface area contributed by atoms with E-state index in [0.29, 0.717) is 10.7 Å². The maximum atomic E-state index is 16.1. The SMILES string of the molecule is Cn1nc(NS(C)(=O)=O)c2c(Cl)ccc(-n3c([C@@H](Cc4cc(F)cc(F)c4)C(C(N)=O)n4nc(C(F)F)c5c4C(F)(F)[C@@H]4C[C@H]54)nc4c(Cl)cccc4c3=O)c21. The van der Waals surface area contributed by atoms with Gasteiger partial charge in [0.1, 0.15) is 34.9 Å². The first-order chi connectivity index (χ1) is 26.3. The Labute approximate surface area is 321 Å². The highest BCUT2D eigenvalue weighted by atomic mass is 35.5. The average molecular weight is 840 g/mol. The Balaban J connectivity index is 1.49. The van der Waals surface area contributed by atoms with Crippen molar-refractivity contribution in [1.82, 2.24) is 29.1 Å². The van der Waals surface area contributed by atoms with Crippen LogP contribution in [0, 0.1) is 17.6 Å². The number of hydrogen-bond acceptors (Lipinski definition) is 7. The summed E-state index contributed by atoms with van der Waals surface area (Å²) in [5.41, 5.74) is 2.32. The first kappa shape index (κ1) is 37.8. The van der Waals surface area contributed by atoms with Crippen molar-refractivity contribution in [2.75, 3.05) is 11.0 Å². The lowest BCUT2D eigenvalue weighted by molar-refractivity contribution is -0.122. The predicted octanol–water partition coefficient (Wildman–Crippen LogP) is 6.62. The molecule has 292 valence electrons. The third kappa shape index (κ3) is 5.98. The first-order valence-electron chi connectivity index (χ1n) is 16.7. The van der Waals surface area contributed by atoms with Crippen LogP contribution in [0.3, 0.4) is 0 Å². The molecule has 3 N–H and O–H groups in total. The third-order valence-electron chi connectivity index (χ3n) is 10.1. The summed E-state index contributed by atoms with van der Waals surface area (Å²) in [5, 5.41) is 7.91. The number of amides is 1. The first-order valence-corrected chi connectivity index (χ1v) is 19.3. The molecular weight excluding hydrogens is 813 g/mol. The third-order valence-corrected chi connectivity index (χ3v) is 11.3. The van der Waals surface area contributed by atoms with E-state index >= 15 is 8.78 Å². The molecule has 0 aliphatic heterocycles. The van der Waals surface area contributed by atoms with Crippen LogP contribution >= 0.6 is 23.2 Å². The van der Waals surface area contributed by atoms with Gasteiger partial charge in [0.25, 0.3) is 17.9 Å². The fraction of sp³-hybridized carbons (Fsp3) is 0.286. The zero-order valence-electron chi connectivity index (χ0n) is 28.7. The van der Waals surface area contributed by atoms with Crippen molar-refractivity contribution in [3.63, 3.8) is 0 Å². The van der Waals surface area contributed by atoms with Crippen molar-refractivity contribution in [3.05, 3.63) is 109 Å². The monoisotopic (exact) mass is 838 g/mol. The molecule has 8 rings (SSSR count). The summed E-state index contributed by atoms with van der Waals surface area (Å²) < 4.78 is 120. The summed E-state index contributed by atoms with van der Waals surface area (Å²) in [6, 6.07) is 7.02. The molecule has 1 fully saturated rings. The highest BCUT2D eigenvalue weighted by Gasteiger charge is 2.67. The van der Waals surface area contributed by atoms with Crippen molar-refractivity contribution in [1.29, 1.82) is 0 Å². The Morgan fingerprint density at radius 2 is 1.77 bits per heavy atom. The van der Waals surface area contributed by atoms with Gasteiger partial charge in [-0.25, -0.2) is 35.6 Å². The number of carbonyl (C=O) groups excluding carboxylic acids is 1. The van der Waals surface area contributed by atoms with Crippen LogP contribution in [0.25, 0.3) is 27.5 Å². The minimum atomic E-state index is -3.94. The molecule has 21 heteroatoms. The second-order valence-electron chi connectivity index (χ2n) is 13.8. The molecule has 2 aliphatic rings. The van der Waals surface area contributed by atoms with E-state index in [9.17, 15) is 35.6 Å². The van der Waals surface area contributed by atoms with Gasteiger partial charge in [-0.1, -0.05) is 29.3 Å². The molecule has 0 radical (unpaired) electrons. The van der Waals surface area contributed by atoms with E-state index in [4.69, 9.17) is 28.9 Å². The Bertz CT molecular complexity index is 2830.